The van der Waals surface area contributed by atoms with Crippen LogP contribution in [0.3, 0.4) is 0 Å². The van der Waals surface area contributed by atoms with Crippen molar-refractivity contribution in [3.8, 4) is 11.5 Å². The van der Waals surface area contributed by atoms with E-state index in [1.165, 1.54) is 5.56 Å². The lowest BCUT2D eigenvalue weighted by atomic mass is 10.1. The third-order valence-corrected chi connectivity index (χ3v) is 7.73. The summed E-state index contributed by atoms with van der Waals surface area (Å²) >= 11 is 0. The van der Waals surface area contributed by atoms with E-state index in [1.807, 2.05) is 26.0 Å². The predicted molar refractivity (Wildman–Crippen MR) is 128 cm³/mol. The van der Waals surface area contributed by atoms with Crippen LogP contribution in [-0.4, -0.2) is 52.0 Å². The standard InChI is InChI=1S/C25H34N2O5S/c1-19-7-10-23(20(2)17-19)32-16-13-26-25(28)12-8-21-18-22(9-11-24(21)31-3)33(29,30)27-14-5-4-6-15-27/h7,9-11,17-18H,4-6,8,12-16H2,1-3H3,(H,26,28). The van der Waals surface area contributed by atoms with Gasteiger partial charge >= 0.3 is 0 Å². The van der Waals surface area contributed by atoms with Crippen molar-refractivity contribution in [2.45, 2.75) is 50.8 Å². The SMILES string of the molecule is COc1ccc(S(=O)(=O)N2CCCCC2)cc1CCC(=O)NCCOc1ccc(C)cc1C. The van der Waals surface area contributed by atoms with Crippen molar-refractivity contribution >= 4 is 15.9 Å². The molecular formula is C25H34N2O5S. The molecule has 0 atom stereocenters. The Balaban J connectivity index is 1.54. The average Bonchev–Trinajstić information content (AvgIpc) is 2.82. The summed E-state index contributed by atoms with van der Waals surface area (Å²) < 4.78 is 38.7. The number of ether oxygens (including phenoxy) is 2. The second-order valence-electron chi connectivity index (χ2n) is 8.41. The number of aryl methyl sites for hydroxylation is 3. The highest BCUT2D eigenvalue weighted by Gasteiger charge is 2.26. The maximum absolute atomic E-state index is 13.0. The highest BCUT2D eigenvalue weighted by molar-refractivity contribution is 7.89. The normalized spacial score (nSPS) is 14.6. The molecule has 1 N–H and O–H groups in total. The largest absolute Gasteiger partial charge is 0.496 e. The fourth-order valence-corrected chi connectivity index (χ4v) is 5.58. The van der Waals surface area contributed by atoms with E-state index in [4.69, 9.17) is 9.47 Å². The smallest absolute Gasteiger partial charge is 0.243 e. The Bertz CT molecular complexity index is 1060. The number of carbonyl (C=O) groups excluding carboxylic acids is 1. The second kappa shape index (κ2) is 11.5. The number of benzene rings is 2. The Morgan fingerprint density at radius 3 is 2.45 bits per heavy atom. The van der Waals surface area contributed by atoms with E-state index < -0.39 is 10.0 Å². The van der Waals surface area contributed by atoms with Gasteiger partial charge in [-0.3, -0.25) is 4.79 Å². The van der Waals surface area contributed by atoms with Gasteiger partial charge in [0, 0.05) is 19.5 Å². The molecule has 1 aliphatic heterocycles. The van der Waals surface area contributed by atoms with Crippen LogP contribution in [0, 0.1) is 13.8 Å². The number of hydrogen-bond donors (Lipinski definition) is 1. The molecule has 0 aromatic heterocycles. The van der Waals surface area contributed by atoms with Crippen LogP contribution in [-0.2, 0) is 21.2 Å². The lowest BCUT2D eigenvalue weighted by Gasteiger charge is -2.26. The molecule has 0 bridgehead atoms. The first kappa shape index (κ1) is 25.1. The van der Waals surface area contributed by atoms with Crippen molar-refractivity contribution in [2.24, 2.45) is 0 Å². The molecule has 0 unspecified atom stereocenters. The lowest BCUT2D eigenvalue weighted by Crippen LogP contribution is -2.35. The van der Waals surface area contributed by atoms with E-state index >= 15 is 0 Å². The Morgan fingerprint density at radius 2 is 1.76 bits per heavy atom. The van der Waals surface area contributed by atoms with Crippen LogP contribution in [0.25, 0.3) is 0 Å². The summed E-state index contributed by atoms with van der Waals surface area (Å²) in [7, 11) is -1.99. The van der Waals surface area contributed by atoms with Gasteiger partial charge in [0.25, 0.3) is 0 Å². The molecule has 0 saturated carbocycles. The van der Waals surface area contributed by atoms with Gasteiger partial charge in [-0.25, -0.2) is 8.42 Å². The molecule has 0 radical (unpaired) electrons. The summed E-state index contributed by atoms with van der Waals surface area (Å²) in [6.07, 6.45) is 3.44. The Hall–Kier alpha value is -2.58. The summed E-state index contributed by atoms with van der Waals surface area (Å²) in [5.41, 5.74) is 2.95. The van der Waals surface area contributed by atoms with Gasteiger partial charge in [0.1, 0.15) is 18.1 Å². The first-order valence-electron chi connectivity index (χ1n) is 11.4. The van der Waals surface area contributed by atoms with Gasteiger partial charge in [-0.05, 0) is 68.5 Å². The number of nitrogens with zero attached hydrogens (tertiary/aromatic N) is 1. The number of carbonyl (C=O) groups is 1. The van der Waals surface area contributed by atoms with Gasteiger partial charge < -0.3 is 14.8 Å². The zero-order valence-electron chi connectivity index (χ0n) is 19.7. The van der Waals surface area contributed by atoms with E-state index in [0.29, 0.717) is 44.0 Å². The highest BCUT2D eigenvalue weighted by Crippen LogP contribution is 2.27. The minimum atomic E-state index is -3.54. The Labute approximate surface area is 197 Å². The summed E-state index contributed by atoms with van der Waals surface area (Å²) in [6.45, 7) is 5.90. The molecular weight excluding hydrogens is 440 g/mol. The van der Waals surface area contributed by atoms with Crippen molar-refractivity contribution in [1.82, 2.24) is 9.62 Å². The van der Waals surface area contributed by atoms with Crippen molar-refractivity contribution < 1.29 is 22.7 Å². The molecule has 1 amide bonds. The first-order valence-corrected chi connectivity index (χ1v) is 12.9. The van der Waals surface area contributed by atoms with E-state index in [9.17, 15) is 13.2 Å². The Morgan fingerprint density at radius 1 is 1.03 bits per heavy atom. The van der Waals surface area contributed by atoms with E-state index in [-0.39, 0.29) is 17.2 Å². The third-order valence-electron chi connectivity index (χ3n) is 5.84. The summed E-state index contributed by atoms with van der Waals surface area (Å²) in [5, 5.41) is 2.86. The quantitative estimate of drug-likeness (QED) is 0.532. The molecule has 0 spiro atoms. The van der Waals surface area contributed by atoms with Crippen LogP contribution in [0.4, 0.5) is 0 Å². The van der Waals surface area contributed by atoms with Gasteiger partial charge in [0.2, 0.25) is 15.9 Å². The molecule has 1 fully saturated rings. The van der Waals surface area contributed by atoms with Crippen LogP contribution in [0.2, 0.25) is 0 Å². The van der Waals surface area contributed by atoms with E-state index in [2.05, 4.69) is 11.4 Å². The number of amides is 1. The lowest BCUT2D eigenvalue weighted by molar-refractivity contribution is -0.121. The average molecular weight is 475 g/mol. The summed E-state index contributed by atoms with van der Waals surface area (Å²) in [4.78, 5) is 12.6. The zero-order chi connectivity index (χ0) is 23.8. The molecule has 1 heterocycles. The maximum Gasteiger partial charge on any atom is 0.243 e. The molecule has 2 aromatic carbocycles. The molecule has 2 aromatic rings. The van der Waals surface area contributed by atoms with Crippen molar-refractivity contribution in [3.05, 3.63) is 53.1 Å². The monoisotopic (exact) mass is 474 g/mol. The van der Waals surface area contributed by atoms with Gasteiger partial charge in [-0.2, -0.15) is 4.31 Å². The van der Waals surface area contributed by atoms with Gasteiger partial charge in [-0.15, -0.1) is 0 Å². The number of hydrogen-bond acceptors (Lipinski definition) is 5. The minimum Gasteiger partial charge on any atom is -0.496 e. The van der Waals surface area contributed by atoms with Gasteiger partial charge in [-0.1, -0.05) is 24.1 Å². The maximum atomic E-state index is 13.0. The highest BCUT2D eigenvalue weighted by atomic mass is 32.2. The molecule has 7 nitrogen and oxygen atoms in total. The number of piperidine rings is 1. The van der Waals surface area contributed by atoms with Crippen molar-refractivity contribution in [1.29, 1.82) is 0 Å². The number of nitrogens with one attached hydrogen (secondary N) is 1. The van der Waals surface area contributed by atoms with Crippen molar-refractivity contribution in [3.63, 3.8) is 0 Å². The van der Waals surface area contributed by atoms with Gasteiger partial charge in [0.15, 0.2) is 0 Å². The Kier molecular flexibility index (Phi) is 8.74. The zero-order valence-corrected chi connectivity index (χ0v) is 20.5. The molecule has 3 rings (SSSR count). The molecule has 1 saturated heterocycles. The minimum absolute atomic E-state index is 0.120. The van der Waals surface area contributed by atoms with Crippen LogP contribution in [0.15, 0.2) is 41.3 Å². The first-order chi connectivity index (χ1) is 15.8. The van der Waals surface area contributed by atoms with Crippen molar-refractivity contribution in [2.75, 3.05) is 33.4 Å². The topological polar surface area (TPSA) is 84.9 Å². The fraction of sp³-hybridized carbons (Fsp3) is 0.480. The number of rotatable bonds is 10. The molecule has 0 aliphatic carbocycles. The van der Waals surface area contributed by atoms with E-state index in [1.54, 1.807) is 29.6 Å². The molecule has 180 valence electrons. The molecule has 33 heavy (non-hydrogen) atoms. The van der Waals surface area contributed by atoms with Crippen LogP contribution in [0.5, 0.6) is 11.5 Å². The molecule has 8 heteroatoms. The van der Waals surface area contributed by atoms with E-state index in [0.717, 1.165) is 30.6 Å². The summed E-state index contributed by atoms with van der Waals surface area (Å²) in [6, 6.07) is 10.9. The predicted octanol–water partition coefficient (Wildman–Crippen LogP) is 3.61. The van der Waals surface area contributed by atoms with Crippen LogP contribution < -0.4 is 14.8 Å². The fourth-order valence-electron chi connectivity index (χ4n) is 4.01. The van der Waals surface area contributed by atoms with Crippen LogP contribution >= 0.6 is 0 Å². The third kappa shape index (κ3) is 6.71. The second-order valence-corrected chi connectivity index (χ2v) is 10.3. The molecule has 1 aliphatic rings. The number of methoxy groups -OCH3 is 1. The number of sulfonamides is 1. The van der Waals surface area contributed by atoms with Crippen LogP contribution in [0.1, 0.15) is 42.4 Å². The van der Waals surface area contributed by atoms with Gasteiger partial charge in [0.05, 0.1) is 18.6 Å². The summed E-state index contributed by atoms with van der Waals surface area (Å²) in [5.74, 6) is 1.27.